The normalized spacial score (nSPS) is 12.2. The van der Waals surface area contributed by atoms with Crippen molar-refractivity contribution in [3.05, 3.63) is 0 Å². The Kier molecular flexibility index (Phi) is 18.3. The summed E-state index contributed by atoms with van der Waals surface area (Å²) in [6.45, 7) is 11.2. The number of hydrogen-bond donors (Lipinski definition) is 1. The van der Waals surface area contributed by atoms with Crippen molar-refractivity contribution in [2.45, 2.75) is 97.8 Å². The lowest BCUT2D eigenvalue weighted by atomic mass is 10.1. The van der Waals surface area contributed by atoms with E-state index in [1.54, 1.807) is 0 Å². The fraction of sp³-hybridized carbons (Fsp3) is 1.00. The maximum atomic E-state index is 10.8. The van der Waals surface area contributed by atoms with Gasteiger partial charge in [0.05, 0.1) is 31.9 Å². The molecule has 0 aliphatic carbocycles. The largest absolute Gasteiger partial charge is 0.870 e. The minimum Gasteiger partial charge on any atom is -0.870 e. The zero-order chi connectivity index (χ0) is 19.0. The zero-order valence-corrected chi connectivity index (χ0v) is 18.4. The van der Waals surface area contributed by atoms with Crippen LogP contribution in [0.25, 0.3) is 0 Å². The Morgan fingerprint density at radius 3 is 1.42 bits per heavy atom. The third kappa shape index (κ3) is 16.0. The van der Waals surface area contributed by atoms with E-state index in [0.717, 1.165) is 30.5 Å². The van der Waals surface area contributed by atoms with Gasteiger partial charge in [-0.3, -0.25) is 4.55 Å². The van der Waals surface area contributed by atoms with Crippen molar-refractivity contribution in [2.75, 3.05) is 31.9 Å². The first kappa shape index (κ1) is 28.0. The van der Waals surface area contributed by atoms with Crippen molar-refractivity contribution in [1.29, 1.82) is 0 Å². The highest BCUT2D eigenvalue weighted by atomic mass is 32.2. The molecule has 0 unspecified atom stereocenters. The van der Waals surface area contributed by atoms with Gasteiger partial charge in [0, 0.05) is 0 Å². The Morgan fingerprint density at radius 2 is 1.04 bits per heavy atom. The van der Waals surface area contributed by atoms with Crippen LogP contribution in [0.3, 0.4) is 0 Å². The molecule has 0 bridgehead atoms. The van der Waals surface area contributed by atoms with Crippen LogP contribution in [-0.2, 0) is 10.1 Å². The van der Waals surface area contributed by atoms with Crippen LogP contribution in [0.1, 0.15) is 97.8 Å². The predicted molar refractivity (Wildman–Crippen MR) is 111 cm³/mol. The van der Waals surface area contributed by atoms with Crippen LogP contribution >= 0.6 is 0 Å². The van der Waals surface area contributed by atoms with Crippen LogP contribution < -0.4 is 0 Å². The summed E-state index contributed by atoms with van der Waals surface area (Å²) in [7, 11) is -3.80. The summed E-state index contributed by atoms with van der Waals surface area (Å²) in [5, 5.41) is 0. The molecule has 0 aromatic heterocycles. The first-order chi connectivity index (χ1) is 11.9. The number of unbranched alkanes of at least 4 members (excludes halogenated alkanes) is 10. The molecule has 0 aliphatic rings. The van der Waals surface area contributed by atoms with Crippen LogP contribution in [0.5, 0.6) is 0 Å². The van der Waals surface area contributed by atoms with Crippen molar-refractivity contribution in [3.8, 4) is 0 Å². The lowest BCUT2D eigenvalue weighted by molar-refractivity contribution is -0.925. The second-order valence-corrected chi connectivity index (χ2v) is 9.17. The maximum absolute atomic E-state index is 10.8. The zero-order valence-electron chi connectivity index (χ0n) is 17.6. The van der Waals surface area contributed by atoms with Crippen LogP contribution in [-0.4, -0.2) is 54.9 Å². The Hall–Kier alpha value is -0.170. The van der Waals surface area contributed by atoms with Gasteiger partial charge in [-0.15, -0.1) is 0 Å². The topological polar surface area (TPSA) is 84.4 Å². The van der Waals surface area contributed by atoms with Gasteiger partial charge in [0.1, 0.15) is 0 Å². The summed E-state index contributed by atoms with van der Waals surface area (Å²) < 4.78 is 31.6. The molecule has 0 aromatic carbocycles. The van der Waals surface area contributed by atoms with Gasteiger partial charge in [0.2, 0.25) is 0 Å². The molecule has 2 N–H and O–H groups in total. The first-order valence-corrected chi connectivity index (χ1v) is 12.3. The van der Waals surface area contributed by atoms with Crippen molar-refractivity contribution in [2.24, 2.45) is 0 Å². The lowest BCUT2D eigenvalue weighted by Crippen LogP contribution is -2.49. The third-order valence-corrected chi connectivity index (χ3v) is 6.42. The molecular formula is C20H45NO4S. The monoisotopic (exact) mass is 395 g/mol. The highest BCUT2D eigenvalue weighted by Gasteiger charge is 2.22. The Bertz CT molecular complexity index is 395. The van der Waals surface area contributed by atoms with Gasteiger partial charge in [-0.2, -0.15) is 8.42 Å². The van der Waals surface area contributed by atoms with E-state index in [0.29, 0.717) is 6.42 Å². The minimum atomic E-state index is -3.80. The maximum Gasteiger partial charge on any atom is 0.264 e. The highest BCUT2D eigenvalue weighted by molar-refractivity contribution is 7.85. The SMILES string of the molecule is CCCCCCCCCCCC[N+](CC)(CC)CCCCS(=O)(=O)O.[OH-]. The van der Waals surface area contributed by atoms with Crippen molar-refractivity contribution in [3.63, 3.8) is 0 Å². The van der Waals surface area contributed by atoms with Crippen LogP contribution in [0.2, 0.25) is 0 Å². The molecule has 0 amide bonds. The number of nitrogens with zero attached hydrogens (tertiary/aromatic N) is 1. The van der Waals surface area contributed by atoms with E-state index in [1.807, 2.05) is 0 Å². The van der Waals surface area contributed by atoms with Crippen LogP contribution in [0, 0.1) is 0 Å². The predicted octanol–water partition coefficient (Wildman–Crippen LogP) is 5.26. The van der Waals surface area contributed by atoms with E-state index in [4.69, 9.17) is 4.55 Å². The second-order valence-electron chi connectivity index (χ2n) is 7.60. The summed E-state index contributed by atoms with van der Waals surface area (Å²) in [5.74, 6) is -0.0985. The molecular weight excluding hydrogens is 350 g/mol. The molecule has 0 saturated carbocycles. The molecule has 0 spiro atoms. The third-order valence-electron chi connectivity index (χ3n) is 5.61. The van der Waals surface area contributed by atoms with Gasteiger partial charge in [-0.1, -0.05) is 58.3 Å². The highest BCUT2D eigenvalue weighted by Crippen LogP contribution is 2.15. The Balaban J connectivity index is 0. The summed E-state index contributed by atoms with van der Waals surface area (Å²) in [5.41, 5.74) is 0. The molecule has 0 atom stereocenters. The van der Waals surface area contributed by atoms with E-state index in [-0.39, 0.29) is 11.2 Å². The van der Waals surface area contributed by atoms with Gasteiger partial charge in [0.15, 0.2) is 0 Å². The van der Waals surface area contributed by atoms with Crippen molar-refractivity contribution >= 4 is 10.1 Å². The summed E-state index contributed by atoms with van der Waals surface area (Å²) >= 11 is 0. The van der Waals surface area contributed by atoms with Gasteiger partial charge in [-0.25, -0.2) is 0 Å². The van der Waals surface area contributed by atoms with Gasteiger partial charge in [0.25, 0.3) is 10.1 Å². The lowest BCUT2D eigenvalue weighted by Gasteiger charge is -2.37. The quantitative estimate of drug-likeness (QED) is 0.195. The van der Waals surface area contributed by atoms with Crippen LogP contribution in [0.4, 0.5) is 0 Å². The van der Waals surface area contributed by atoms with E-state index < -0.39 is 10.1 Å². The first-order valence-electron chi connectivity index (χ1n) is 10.7. The standard InChI is InChI=1S/C20H43NO3S.H2O/c1-4-7-8-9-10-11-12-13-14-15-18-21(5-2,6-3)19-16-17-20-25(22,23)24;/h4-20H2,1-3H3;1H2. The Morgan fingerprint density at radius 1 is 0.654 bits per heavy atom. The number of quaternary nitrogens is 1. The summed E-state index contributed by atoms with van der Waals surface area (Å²) in [4.78, 5) is 0. The molecule has 160 valence electrons. The fourth-order valence-corrected chi connectivity index (χ4v) is 4.20. The average Bonchev–Trinajstić information content (AvgIpc) is 2.58. The van der Waals surface area contributed by atoms with Gasteiger partial charge in [-0.05, 0) is 39.5 Å². The molecule has 0 heterocycles. The molecule has 5 nitrogen and oxygen atoms in total. The van der Waals surface area contributed by atoms with E-state index in [1.165, 1.54) is 70.8 Å². The van der Waals surface area contributed by atoms with Gasteiger partial charge < -0.3 is 9.96 Å². The van der Waals surface area contributed by atoms with Crippen LogP contribution in [0.15, 0.2) is 0 Å². The molecule has 0 fully saturated rings. The average molecular weight is 396 g/mol. The minimum absolute atomic E-state index is 0. The number of rotatable bonds is 18. The molecule has 26 heavy (non-hydrogen) atoms. The van der Waals surface area contributed by atoms with Crippen molar-refractivity contribution in [1.82, 2.24) is 0 Å². The molecule has 0 radical (unpaired) electrons. The molecule has 0 aromatic rings. The van der Waals surface area contributed by atoms with Crippen molar-refractivity contribution < 1.29 is 22.9 Å². The molecule has 0 rings (SSSR count). The summed E-state index contributed by atoms with van der Waals surface area (Å²) in [6, 6.07) is 0. The van der Waals surface area contributed by atoms with E-state index in [2.05, 4.69) is 20.8 Å². The number of hydrogen-bond acceptors (Lipinski definition) is 3. The second kappa shape index (κ2) is 17.0. The Labute approximate surface area is 163 Å². The van der Waals surface area contributed by atoms with Gasteiger partial charge >= 0.3 is 0 Å². The smallest absolute Gasteiger partial charge is 0.264 e. The van der Waals surface area contributed by atoms with E-state index in [9.17, 15) is 8.42 Å². The molecule has 0 aliphatic heterocycles. The molecule has 0 saturated heterocycles. The molecule has 6 heteroatoms. The summed E-state index contributed by atoms with van der Waals surface area (Å²) in [6.07, 6.45) is 15.1. The fourth-order valence-electron chi connectivity index (χ4n) is 3.63. The van der Waals surface area contributed by atoms with E-state index >= 15 is 0 Å².